The van der Waals surface area contributed by atoms with Gasteiger partial charge >= 0.3 is 0 Å². The zero-order valence-corrected chi connectivity index (χ0v) is 25.8. The number of pyridine rings is 1. The van der Waals surface area contributed by atoms with Gasteiger partial charge in [-0.1, -0.05) is 12.2 Å². The molecule has 4 atom stereocenters. The lowest BCUT2D eigenvalue weighted by Gasteiger charge is -2.42. The van der Waals surface area contributed by atoms with Crippen LogP contribution in [0.15, 0.2) is 41.0 Å². The summed E-state index contributed by atoms with van der Waals surface area (Å²) in [5, 5.41) is 3.64. The van der Waals surface area contributed by atoms with Crippen LogP contribution >= 0.6 is 15.9 Å². The number of likely N-dealkylation sites (N-methyl/N-ethyl adjacent to an activating group) is 1. The van der Waals surface area contributed by atoms with E-state index in [9.17, 15) is 4.79 Å². The molecule has 42 heavy (non-hydrogen) atoms. The molecule has 2 aromatic heterocycles. The van der Waals surface area contributed by atoms with Gasteiger partial charge in [0.25, 0.3) is 0 Å². The molecule has 3 fully saturated rings. The van der Waals surface area contributed by atoms with E-state index in [0.29, 0.717) is 17.5 Å². The van der Waals surface area contributed by atoms with E-state index in [4.69, 9.17) is 15.5 Å². The van der Waals surface area contributed by atoms with Crippen LogP contribution in [-0.2, 0) is 4.79 Å². The first-order valence-corrected chi connectivity index (χ1v) is 15.8. The Hall–Kier alpha value is -3.15. The maximum absolute atomic E-state index is 12.3. The van der Waals surface area contributed by atoms with Crippen LogP contribution in [0.1, 0.15) is 19.3 Å². The number of nitrogens with two attached hydrogens (primary N) is 1. The fraction of sp³-hybridized carbons (Fsp3) is 0.516. The number of amides is 1. The normalized spacial score (nSPS) is 26.8. The molecule has 2 aliphatic heterocycles. The number of primary amides is 1. The van der Waals surface area contributed by atoms with E-state index in [0.717, 1.165) is 59.6 Å². The molecule has 0 unspecified atom stereocenters. The molecule has 10 nitrogen and oxygen atoms in total. The van der Waals surface area contributed by atoms with E-state index in [1.807, 2.05) is 0 Å². The van der Waals surface area contributed by atoms with Crippen LogP contribution in [0.2, 0.25) is 0 Å². The summed E-state index contributed by atoms with van der Waals surface area (Å²) in [7, 11) is 3.92. The minimum absolute atomic E-state index is 0.0691. The molecule has 4 N–H and O–H groups in total. The Balaban J connectivity index is 1.11. The summed E-state index contributed by atoms with van der Waals surface area (Å²) in [6.07, 6.45) is 9.40. The fourth-order valence-corrected chi connectivity index (χ4v) is 7.94. The fourth-order valence-electron chi connectivity index (χ4n) is 7.52. The maximum atomic E-state index is 12.3. The molecule has 11 heteroatoms. The van der Waals surface area contributed by atoms with Crippen molar-refractivity contribution in [3.63, 3.8) is 0 Å². The number of allylic oxidation sites excluding steroid dienone is 1. The lowest BCUT2D eigenvalue weighted by molar-refractivity contribution is -0.122. The van der Waals surface area contributed by atoms with Crippen LogP contribution in [0.3, 0.4) is 0 Å². The van der Waals surface area contributed by atoms with Gasteiger partial charge in [-0.2, -0.15) is 0 Å². The summed E-state index contributed by atoms with van der Waals surface area (Å²) >= 11 is 3.67. The first-order chi connectivity index (χ1) is 20.4. The summed E-state index contributed by atoms with van der Waals surface area (Å²) < 4.78 is 6.69. The topological polar surface area (TPSA) is 116 Å². The molecule has 1 amide bonds. The molecule has 2 saturated heterocycles. The highest BCUT2D eigenvalue weighted by Crippen LogP contribution is 2.46. The minimum Gasteiger partial charge on any atom is -0.496 e. The molecule has 0 radical (unpaired) electrons. The zero-order chi connectivity index (χ0) is 29.0. The molecule has 1 saturated carbocycles. The number of imidazole rings is 1. The van der Waals surface area contributed by atoms with Crippen LogP contribution in [0, 0.1) is 17.8 Å². The van der Waals surface area contributed by atoms with Crippen LogP contribution in [0.4, 0.5) is 11.4 Å². The van der Waals surface area contributed by atoms with Gasteiger partial charge in [-0.15, -0.1) is 0 Å². The van der Waals surface area contributed by atoms with E-state index >= 15 is 0 Å². The summed E-state index contributed by atoms with van der Waals surface area (Å²) in [6.45, 7) is 6.76. The third-order valence-electron chi connectivity index (χ3n) is 9.90. The number of carbonyl (C=O) groups excluding carboxylic acids is 1. The number of hydrogen-bond acceptors (Lipinski definition) is 8. The number of H-pyrrole nitrogens is 1. The van der Waals surface area contributed by atoms with Gasteiger partial charge in [0.15, 0.2) is 5.65 Å². The molecule has 0 spiro atoms. The third kappa shape index (κ3) is 4.95. The van der Waals surface area contributed by atoms with Crippen molar-refractivity contribution < 1.29 is 9.53 Å². The number of nitrogens with one attached hydrogen (secondary N) is 2. The maximum Gasteiger partial charge on any atom is 0.223 e. The van der Waals surface area contributed by atoms with Crippen molar-refractivity contribution in [1.29, 1.82) is 0 Å². The average Bonchev–Trinajstić information content (AvgIpc) is 3.74. The van der Waals surface area contributed by atoms with Crippen molar-refractivity contribution in [2.45, 2.75) is 31.3 Å². The Bertz CT molecular complexity index is 1510. The summed E-state index contributed by atoms with van der Waals surface area (Å²) in [4.78, 5) is 32.8. The summed E-state index contributed by atoms with van der Waals surface area (Å²) in [5.41, 5.74) is 10.1. The minimum atomic E-state index is -0.260. The first kappa shape index (κ1) is 27.7. The Labute approximate surface area is 254 Å². The quantitative estimate of drug-likeness (QED) is 0.337. The average molecular weight is 636 g/mol. The van der Waals surface area contributed by atoms with Crippen LogP contribution in [0.5, 0.6) is 5.75 Å². The Morgan fingerprint density at radius 3 is 2.62 bits per heavy atom. The molecule has 1 aromatic carbocycles. The van der Waals surface area contributed by atoms with Gasteiger partial charge in [-0.3, -0.25) is 9.69 Å². The number of piperidine rings is 1. The highest BCUT2D eigenvalue weighted by Gasteiger charge is 2.47. The number of aromatic amines is 1. The van der Waals surface area contributed by atoms with Crippen molar-refractivity contribution in [2.24, 2.45) is 23.5 Å². The second kappa shape index (κ2) is 11.2. The second-order valence-electron chi connectivity index (χ2n) is 12.3. The van der Waals surface area contributed by atoms with E-state index in [2.05, 4.69) is 83.3 Å². The number of methoxy groups -OCH3 is 1. The van der Waals surface area contributed by atoms with Gasteiger partial charge in [0, 0.05) is 69.3 Å². The standard InChI is InChI=1S/C31H39BrN8O2/c1-38-11-13-40(14-12-38)20-7-9-39(10-8-20)21-5-6-22(24(16-21)42-2)30-36-28-27(23(32)17-34-31(28)37-30)35-26-19-4-3-18(15-19)25(26)29(33)41/h3-6,16-20,25-26H,7-15H2,1-2H3,(H2,33,41)(H2,34,35,36,37)/t18-,19+,25+,26-/m1/s1. The van der Waals surface area contributed by atoms with Crippen molar-refractivity contribution in [1.82, 2.24) is 24.8 Å². The first-order valence-electron chi connectivity index (χ1n) is 15.0. The van der Waals surface area contributed by atoms with E-state index in [1.165, 1.54) is 31.6 Å². The van der Waals surface area contributed by atoms with Crippen molar-refractivity contribution >= 4 is 44.4 Å². The Kier molecular flexibility index (Phi) is 7.36. The largest absolute Gasteiger partial charge is 0.496 e. The van der Waals surface area contributed by atoms with Crippen LogP contribution in [0.25, 0.3) is 22.6 Å². The number of piperazine rings is 1. The lowest BCUT2D eigenvalue weighted by atomic mass is 9.88. The number of ether oxygens (including phenoxy) is 1. The van der Waals surface area contributed by atoms with Gasteiger partial charge in [0.2, 0.25) is 5.91 Å². The van der Waals surface area contributed by atoms with Gasteiger partial charge in [-0.25, -0.2) is 9.97 Å². The van der Waals surface area contributed by atoms with Crippen molar-refractivity contribution in [2.75, 3.05) is 63.6 Å². The molecular formula is C31H39BrN8O2. The Morgan fingerprint density at radius 2 is 1.88 bits per heavy atom. The van der Waals surface area contributed by atoms with Gasteiger partial charge in [0.05, 0.1) is 28.8 Å². The molecule has 3 aromatic rings. The Morgan fingerprint density at radius 1 is 1.12 bits per heavy atom. The van der Waals surface area contributed by atoms with E-state index < -0.39 is 0 Å². The van der Waals surface area contributed by atoms with E-state index in [1.54, 1.807) is 13.3 Å². The molecule has 7 rings (SSSR count). The second-order valence-corrected chi connectivity index (χ2v) is 13.1. The monoisotopic (exact) mass is 634 g/mol. The van der Waals surface area contributed by atoms with Crippen LogP contribution < -0.4 is 20.7 Å². The number of aromatic nitrogens is 3. The smallest absolute Gasteiger partial charge is 0.223 e. The summed E-state index contributed by atoms with van der Waals surface area (Å²) in [5.74, 6) is 1.42. The number of rotatable bonds is 7. The molecular weight excluding hydrogens is 596 g/mol. The third-order valence-corrected chi connectivity index (χ3v) is 10.5. The van der Waals surface area contributed by atoms with Gasteiger partial charge in [0.1, 0.15) is 17.1 Å². The number of anilines is 2. The summed E-state index contributed by atoms with van der Waals surface area (Å²) in [6, 6.07) is 6.99. The molecule has 4 aliphatic rings. The molecule has 4 heterocycles. The molecule has 2 bridgehead atoms. The van der Waals surface area contributed by atoms with Crippen molar-refractivity contribution in [3.05, 3.63) is 41.0 Å². The predicted octanol–water partition coefficient (Wildman–Crippen LogP) is 3.70. The number of carbonyl (C=O) groups is 1. The SMILES string of the molecule is COc1cc(N2CCC(N3CCN(C)CC3)CC2)ccc1-c1nc2ncc(Br)c(N[C@H]3[C@@H](C(N)=O)[C@@H]4C=C[C@H]3C4)c2[nH]1. The number of nitrogens with zero attached hydrogens (tertiary/aromatic N) is 5. The number of hydrogen-bond donors (Lipinski definition) is 3. The van der Waals surface area contributed by atoms with Crippen molar-refractivity contribution in [3.8, 4) is 17.1 Å². The predicted molar refractivity (Wildman–Crippen MR) is 169 cm³/mol. The molecule has 222 valence electrons. The zero-order valence-electron chi connectivity index (χ0n) is 24.2. The number of halogens is 1. The van der Waals surface area contributed by atoms with Crippen LogP contribution in [-0.4, -0.2) is 96.2 Å². The van der Waals surface area contributed by atoms with Gasteiger partial charge in [-0.05, 0) is 66.2 Å². The number of benzene rings is 1. The van der Waals surface area contributed by atoms with E-state index in [-0.39, 0.29) is 29.7 Å². The number of fused-ring (bicyclic) bond motifs is 3. The highest BCUT2D eigenvalue weighted by molar-refractivity contribution is 9.10. The molecule has 2 aliphatic carbocycles. The lowest BCUT2D eigenvalue weighted by Crippen LogP contribution is -2.52. The highest BCUT2D eigenvalue weighted by atomic mass is 79.9. The van der Waals surface area contributed by atoms with Gasteiger partial charge < -0.3 is 30.6 Å².